The van der Waals surface area contributed by atoms with Gasteiger partial charge in [0.05, 0.1) is 6.26 Å². The number of halogens is 1. The average molecular weight is 389 g/mol. The van der Waals surface area contributed by atoms with Crippen molar-refractivity contribution in [2.24, 2.45) is 0 Å². The normalized spacial score (nSPS) is 10.4. The Morgan fingerprint density at radius 2 is 1.27 bits per heavy atom. The molecule has 1 rings (SSSR count). The third-order valence-corrected chi connectivity index (χ3v) is 4.83. The molecule has 1 aromatic carbocycles. The van der Waals surface area contributed by atoms with Gasteiger partial charge in [0.25, 0.3) is 0 Å². The van der Waals surface area contributed by atoms with E-state index in [1.165, 1.54) is 70.0 Å². The summed E-state index contributed by atoms with van der Waals surface area (Å²) in [6, 6.07) is 7.72. The highest BCUT2D eigenvalue weighted by Gasteiger charge is 1.99. The Hall–Kier alpha value is -0.150. The Morgan fingerprint density at radius 1 is 0.773 bits per heavy atom. The van der Waals surface area contributed by atoms with Crippen molar-refractivity contribution in [3.05, 3.63) is 29.8 Å². The molecule has 0 aliphatic heterocycles. The summed E-state index contributed by atoms with van der Waals surface area (Å²) in [4.78, 5) is 0. The van der Waals surface area contributed by atoms with Crippen molar-refractivity contribution in [3.8, 4) is 5.75 Å². The quantitative estimate of drug-likeness (QED) is 0.312. The van der Waals surface area contributed by atoms with Gasteiger partial charge in [-0.15, -0.1) is 0 Å². The van der Waals surface area contributed by atoms with Gasteiger partial charge in [-0.2, -0.15) is 0 Å². The fourth-order valence-electron chi connectivity index (χ4n) is 2.72. The maximum Gasteiger partial charge on any atom is 0.118 e. The first kappa shape index (κ1) is 21.9. The lowest BCUT2D eigenvalue weighted by atomic mass is 10.0. The molecular weight excluding hydrogens is 356 g/mol. The molecule has 0 aliphatic carbocycles. The molecule has 0 spiro atoms. The van der Waals surface area contributed by atoms with Gasteiger partial charge < -0.3 is 22.1 Å². The summed E-state index contributed by atoms with van der Waals surface area (Å²) in [6.07, 6.45) is 17.0. The second kappa shape index (κ2) is 15.7. The molecule has 0 fully saturated rings. The molecule has 0 bridgehead atoms. The van der Waals surface area contributed by atoms with Crippen molar-refractivity contribution >= 4 is 11.8 Å². The van der Waals surface area contributed by atoms with E-state index in [-0.39, 0.29) is 17.0 Å². The Balaban J connectivity index is 0.00000441. The van der Waals surface area contributed by atoms with E-state index in [0.29, 0.717) is 5.75 Å². The van der Waals surface area contributed by atoms with E-state index in [0.717, 1.165) is 12.0 Å². The number of phenols is 1. The topological polar surface area (TPSA) is 20.2 Å². The number of unbranched alkanes of at least 4 members (excludes halogenated alkanes) is 9. The Kier molecular flexibility index (Phi) is 15.6. The highest BCUT2D eigenvalue weighted by molar-refractivity contribution is 7.77. The fraction of sp³-hybridized carbons (Fsp3) is 0.684. The molecule has 0 heterocycles. The molecule has 0 atom stereocenters. The molecule has 0 amide bonds. The van der Waals surface area contributed by atoms with Crippen LogP contribution in [0.25, 0.3) is 0 Å². The number of phenolic OH excluding ortho intramolecular Hbond substituents is 1. The van der Waals surface area contributed by atoms with Crippen molar-refractivity contribution in [2.45, 2.75) is 70.6 Å². The minimum atomic E-state index is 0. The third kappa shape index (κ3) is 11.4. The van der Waals surface area contributed by atoms with Crippen LogP contribution in [-0.4, -0.2) is 17.1 Å². The fourth-order valence-corrected chi connectivity index (χ4v) is 3.26. The number of rotatable bonds is 13. The van der Waals surface area contributed by atoms with Gasteiger partial charge in [-0.05, 0) is 49.1 Å². The molecule has 128 valence electrons. The maximum absolute atomic E-state index is 9.69. The minimum Gasteiger partial charge on any atom is -1.00 e. The van der Waals surface area contributed by atoms with Crippen LogP contribution in [0.4, 0.5) is 0 Å². The molecule has 22 heavy (non-hydrogen) atoms. The van der Waals surface area contributed by atoms with E-state index < -0.39 is 0 Å². The molecular formula is C19H33BrOS. The number of para-hydroxylation sites is 1. The summed E-state index contributed by atoms with van der Waals surface area (Å²) < 4.78 is 0. The number of aromatic hydroxyl groups is 1. The molecule has 1 nitrogen and oxygen atoms in total. The van der Waals surface area contributed by atoms with E-state index in [4.69, 9.17) is 0 Å². The molecule has 3 heteroatoms. The summed E-state index contributed by atoms with van der Waals surface area (Å²) >= 11 is 1.55. The predicted octanol–water partition coefficient (Wildman–Crippen LogP) is 2.28. The number of thiol groups is 1. The van der Waals surface area contributed by atoms with Crippen LogP contribution in [0.15, 0.2) is 24.3 Å². The van der Waals surface area contributed by atoms with Gasteiger partial charge in [-0.1, -0.05) is 63.1 Å². The zero-order chi connectivity index (χ0) is 15.2. The van der Waals surface area contributed by atoms with Gasteiger partial charge in [0.2, 0.25) is 0 Å². The van der Waals surface area contributed by atoms with E-state index in [1.54, 1.807) is 17.8 Å². The van der Waals surface area contributed by atoms with Crippen LogP contribution in [-0.2, 0) is 18.2 Å². The van der Waals surface area contributed by atoms with Crippen molar-refractivity contribution in [1.82, 2.24) is 0 Å². The number of benzene rings is 1. The smallest absolute Gasteiger partial charge is 0.118 e. The Labute approximate surface area is 152 Å². The van der Waals surface area contributed by atoms with Crippen molar-refractivity contribution in [3.63, 3.8) is 0 Å². The second-order valence-corrected chi connectivity index (χ2v) is 7.03. The third-order valence-electron chi connectivity index (χ3n) is 4.07. The Bertz CT molecular complexity index is 357. The molecule has 0 unspecified atom stereocenters. The van der Waals surface area contributed by atoms with Crippen LogP contribution < -0.4 is 17.0 Å². The second-order valence-electron chi connectivity index (χ2n) is 5.95. The molecule has 0 saturated heterocycles. The average Bonchev–Trinajstić information content (AvgIpc) is 2.50. The summed E-state index contributed by atoms with van der Waals surface area (Å²) in [5, 5.41) is 9.69. The zero-order valence-electron chi connectivity index (χ0n) is 14.1. The van der Waals surface area contributed by atoms with Crippen molar-refractivity contribution in [2.75, 3.05) is 12.0 Å². The summed E-state index contributed by atoms with van der Waals surface area (Å²) in [5.41, 5.74) is 1.10. The largest absolute Gasteiger partial charge is 1.00 e. The number of aryl methyl sites for hydroxylation is 1. The van der Waals surface area contributed by atoms with Gasteiger partial charge in [-0.25, -0.2) is 0 Å². The molecule has 1 N–H and O–H groups in total. The van der Waals surface area contributed by atoms with E-state index in [1.807, 2.05) is 18.2 Å². The van der Waals surface area contributed by atoms with Crippen molar-refractivity contribution < 1.29 is 22.1 Å². The van der Waals surface area contributed by atoms with Crippen LogP contribution in [0, 0.1) is 0 Å². The van der Waals surface area contributed by atoms with Crippen LogP contribution in [0.2, 0.25) is 0 Å². The lowest BCUT2D eigenvalue weighted by Crippen LogP contribution is -3.00. The molecule has 1 aromatic rings. The van der Waals surface area contributed by atoms with E-state index >= 15 is 0 Å². The Morgan fingerprint density at radius 3 is 1.82 bits per heavy atom. The van der Waals surface area contributed by atoms with Gasteiger partial charge in [0.1, 0.15) is 11.5 Å². The number of hydrogen-bond donors (Lipinski definition) is 1. The summed E-state index contributed by atoms with van der Waals surface area (Å²) in [6.45, 7) is 0. The van der Waals surface area contributed by atoms with Gasteiger partial charge in [0.15, 0.2) is 0 Å². The maximum atomic E-state index is 9.69. The lowest BCUT2D eigenvalue weighted by Gasteiger charge is -2.04. The van der Waals surface area contributed by atoms with E-state index in [2.05, 4.69) is 6.26 Å². The molecule has 0 aromatic heterocycles. The summed E-state index contributed by atoms with van der Waals surface area (Å²) in [5.74, 6) is 1.84. The first-order chi connectivity index (χ1) is 10.3. The van der Waals surface area contributed by atoms with Crippen LogP contribution in [0.3, 0.4) is 0 Å². The first-order valence-electron chi connectivity index (χ1n) is 8.67. The SMILES string of the molecule is C[SH+]CCCCCCCCCCCCc1ccccc1O.[Br-]. The van der Waals surface area contributed by atoms with Crippen molar-refractivity contribution in [1.29, 1.82) is 0 Å². The predicted molar refractivity (Wildman–Crippen MR) is 97.5 cm³/mol. The highest BCUT2D eigenvalue weighted by Crippen LogP contribution is 2.19. The standard InChI is InChI=1S/C19H32OS.BrH/c1-21-17-13-9-7-5-3-2-4-6-8-10-14-18-15-11-12-16-19(18)20;/h11-12,15-16,20H,2-10,13-14,17H2,1H3;1H. The molecule has 0 radical (unpaired) electrons. The summed E-state index contributed by atoms with van der Waals surface area (Å²) in [7, 11) is 0. The van der Waals surface area contributed by atoms with Crippen LogP contribution in [0.1, 0.15) is 69.8 Å². The zero-order valence-corrected chi connectivity index (χ0v) is 16.5. The van der Waals surface area contributed by atoms with Gasteiger partial charge >= 0.3 is 0 Å². The van der Waals surface area contributed by atoms with Crippen LogP contribution >= 0.6 is 0 Å². The number of hydrogen-bond acceptors (Lipinski definition) is 1. The van der Waals surface area contributed by atoms with Gasteiger partial charge in [-0.3, -0.25) is 0 Å². The first-order valence-corrected chi connectivity index (χ1v) is 10.2. The minimum absolute atomic E-state index is 0. The highest BCUT2D eigenvalue weighted by atomic mass is 79.9. The van der Waals surface area contributed by atoms with E-state index in [9.17, 15) is 5.11 Å². The molecule has 0 aliphatic rings. The molecule has 0 saturated carbocycles. The lowest BCUT2D eigenvalue weighted by molar-refractivity contribution is -0.00000546. The van der Waals surface area contributed by atoms with Crippen LogP contribution in [0.5, 0.6) is 5.75 Å². The monoisotopic (exact) mass is 388 g/mol. The van der Waals surface area contributed by atoms with Gasteiger partial charge in [0, 0.05) is 0 Å².